The van der Waals surface area contributed by atoms with Crippen LogP contribution in [-0.4, -0.2) is 67.4 Å². The average molecular weight is 424 g/mol. The largest absolute Gasteiger partial charge is 0.338 e. The summed E-state index contributed by atoms with van der Waals surface area (Å²) in [6, 6.07) is 4.93. The van der Waals surface area contributed by atoms with Gasteiger partial charge in [-0.2, -0.15) is 0 Å². The minimum atomic E-state index is -0.332. The third-order valence-corrected chi connectivity index (χ3v) is 6.62. The lowest BCUT2D eigenvalue weighted by Crippen LogP contribution is -2.49. The van der Waals surface area contributed by atoms with Crippen LogP contribution >= 0.6 is 0 Å². The number of nitrogens with one attached hydrogen (secondary N) is 1. The van der Waals surface area contributed by atoms with Gasteiger partial charge in [-0.25, -0.2) is 19.2 Å². The van der Waals surface area contributed by atoms with Gasteiger partial charge in [-0.1, -0.05) is 0 Å². The van der Waals surface area contributed by atoms with E-state index >= 15 is 0 Å². The molecule has 1 amide bonds. The lowest BCUT2D eigenvalue weighted by atomic mass is 9.97. The molecule has 8 nitrogen and oxygen atoms in total. The second-order valence-corrected chi connectivity index (χ2v) is 8.38. The van der Waals surface area contributed by atoms with E-state index in [1.807, 2.05) is 4.90 Å². The monoisotopic (exact) mass is 424 g/mol. The van der Waals surface area contributed by atoms with E-state index in [0.29, 0.717) is 22.6 Å². The molecule has 2 saturated heterocycles. The number of carbonyl (C=O) groups excluding carboxylic acids is 1. The van der Waals surface area contributed by atoms with Crippen molar-refractivity contribution in [3.8, 4) is 0 Å². The Morgan fingerprint density at radius 2 is 1.68 bits per heavy atom. The Kier molecular flexibility index (Phi) is 5.27. The minimum absolute atomic E-state index is 0.0105. The number of rotatable bonds is 3. The first kappa shape index (κ1) is 19.9. The van der Waals surface area contributed by atoms with E-state index in [1.165, 1.54) is 18.5 Å². The third kappa shape index (κ3) is 3.85. The number of halogens is 1. The molecule has 5 rings (SSSR count). The summed E-state index contributed by atoms with van der Waals surface area (Å²) in [5.74, 6) is -0.343. The molecule has 162 valence electrons. The summed E-state index contributed by atoms with van der Waals surface area (Å²) >= 11 is 0. The van der Waals surface area contributed by atoms with E-state index in [-0.39, 0.29) is 23.5 Å². The number of hydrogen-bond donors (Lipinski definition) is 1. The highest BCUT2D eigenvalue weighted by Gasteiger charge is 2.31. The normalized spacial score (nSPS) is 19.2. The molecule has 9 heteroatoms. The van der Waals surface area contributed by atoms with Gasteiger partial charge in [0.25, 0.3) is 5.91 Å². The van der Waals surface area contributed by atoms with E-state index in [2.05, 4.69) is 19.9 Å². The molecule has 2 aliphatic heterocycles. The van der Waals surface area contributed by atoms with Crippen LogP contribution in [-0.2, 0) is 0 Å². The molecule has 2 aliphatic rings. The molecule has 0 spiro atoms. The van der Waals surface area contributed by atoms with Gasteiger partial charge in [-0.15, -0.1) is 0 Å². The topological polar surface area (TPSA) is 87.1 Å². The van der Waals surface area contributed by atoms with Crippen LogP contribution < -0.4 is 5.69 Å². The fourth-order valence-electron chi connectivity index (χ4n) is 4.99. The molecule has 1 N–H and O–H groups in total. The zero-order valence-electron chi connectivity index (χ0n) is 17.2. The van der Waals surface area contributed by atoms with Crippen molar-refractivity contribution in [3.63, 3.8) is 0 Å². The molecule has 0 atom stereocenters. The van der Waals surface area contributed by atoms with Crippen LogP contribution in [0.5, 0.6) is 0 Å². The number of benzene rings is 1. The number of carbonyl (C=O) groups is 1. The van der Waals surface area contributed by atoms with Crippen molar-refractivity contribution < 1.29 is 9.18 Å². The molecule has 4 heterocycles. The highest BCUT2D eigenvalue weighted by molar-refractivity contribution is 5.93. The maximum absolute atomic E-state index is 13.7. The first-order chi connectivity index (χ1) is 15.1. The van der Waals surface area contributed by atoms with Gasteiger partial charge in [-0.3, -0.25) is 9.36 Å². The van der Waals surface area contributed by atoms with E-state index in [0.717, 1.165) is 51.9 Å². The molecule has 2 fully saturated rings. The quantitative estimate of drug-likeness (QED) is 0.697. The van der Waals surface area contributed by atoms with Crippen molar-refractivity contribution in [2.24, 2.45) is 0 Å². The second kappa shape index (κ2) is 8.22. The third-order valence-electron chi connectivity index (χ3n) is 6.62. The van der Waals surface area contributed by atoms with Crippen LogP contribution in [0.1, 0.15) is 42.1 Å². The number of fused-ring (bicyclic) bond motifs is 1. The Morgan fingerprint density at radius 1 is 1.00 bits per heavy atom. The molecule has 2 aromatic heterocycles. The van der Waals surface area contributed by atoms with Gasteiger partial charge in [0.05, 0.1) is 16.6 Å². The maximum Gasteiger partial charge on any atom is 0.326 e. The number of aromatic nitrogens is 4. The number of imidazole rings is 1. The van der Waals surface area contributed by atoms with E-state index in [9.17, 15) is 14.0 Å². The second-order valence-electron chi connectivity index (χ2n) is 8.38. The standard InChI is InChI=1S/C22H25FN6O2/c23-16-1-2-19-20(11-16)29(22(31)26-19)18-5-7-27(8-6-18)17-3-9-28(10-4-17)21(30)15-12-24-14-25-13-15/h1-2,11-14,17-18H,3-10H2,(H,26,31). The Labute approximate surface area is 178 Å². The van der Waals surface area contributed by atoms with Gasteiger partial charge in [0, 0.05) is 50.7 Å². The fraction of sp³-hybridized carbons (Fsp3) is 0.455. The predicted octanol–water partition coefficient (Wildman–Crippen LogP) is 2.20. The SMILES string of the molecule is O=C(c1cncnc1)N1CCC(N2CCC(n3c(=O)[nH]c4ccc(F)cc43)CC2)CC1. The molecular weight excluding hydrogens is 399 g/mol. The Morgan fingerprint density at radius 3 is 2.39 bits per heavy atom. The van der Waals surface area contributed by atoms with Crippen molar-refractivity contribution in [1.29, 1.82) is 0 Å². The van der Waals surface area contributed by atoms with Crippen LogP contribution in [0, 0.1) is 5.82 Å². The summed E-state index contributed by atoms with van der Waals surface area (Å²) in [5.41, 5.74) is 1.67. The number of nitrogens with zero attached hydrogens (tertiary/aromatic N) is 5. The predicted molar refractivity (Wildman–Crippen MR) is 113 cm³/mol. The van der Waals surface area contributed by atoms with E-state index in [4.69, 9.17) is 0 Å². The van der Waals surface area contributed by atoms with Gasteiger partial charge in [0.2, 0.25) is 0 Å². The first-order valence-corrected chi connectivity index (χ1v) is 10.8. The van der Waals surface area contributed by atoms with Crippen molar-refractivity contribution in [1.82, 2.24) is 29.3 Å². The molecular formula is C22H25FN6O2. The van der Waals surface area contributed by atoms with Crippen molar-refractivity contribution in [2.45, 2.75) is 37.8 Å². The molecule has 0 unspecified atom stereocenters. The molecule has 31 heavy (non-hydrogen) atoms. The van der Waals surface area contributed by atoms with Gasteiger partial charge in [-0.05, 0) is 43.9 Å². The van der Waals surface area contributed by atoms with Gasteiger partial charge in [0.15, 0.2) is 0 Å². The fourth-order valence-corrected chi connectivity index (χ4v) is 4.99. The van der Waals surface area contributed by atoms with Crippen LogP contribution in [0.15, 0.2) is 41.7 Å². The molecule has 0 saturated carbocycles. The van der Waals surface area contributed by atoms with Crippen LogP contribution in [0.4, 0.5) is 4.39 Å². The van der Waals surface area contributed by atoms with Crippen molar-refractivity contribution in [2.75, 3.05) is 26.2 Å². The zero-order valence-corrected chi connectivity index (χ0v) is 17.2. The summed E-state index contributed by atoms with van der Waals surface area (Å²) in [5, 5.41) is 0. The van der Waals surface area contributed by atoms with E-state index in [1.54, 1.807) is 23.0 Å². The first-order valence-electron chi connectivity index (χ1n) is 10.8. The Balaban J connectivity index is 1.20. The smallest absolute Gasteiger partial charge is 0.326 e. The van der Waals surface area contributed by atoms with Crippen molar-refractivity contribution >= 4 is 16.9 Å². The number of H-pyrrole nitrogens is 1. The van der Waals surface area contributed by atoms with Gasteiger partial charge in [0.1, 0.15) is 12.1 Å². The lowest BCUT2D eigenvalue weighted by Gasteiger charge is -2.42. The lowest BCUT2D eigenvalue weighted by molar-refractivity contribution is 0.0557. The minimum Gasteiger partial charge on any atom is -0.338 e. The molecule has 0 bridgehead atoms. The van der Waals surface area contributed by atoms with Crippen molar-refractivity contribution in [3.05, 3.63) is 58.8 Å². The number of hydrogen-bond acceptors (Lipinski definition) is 5. The number of likely N-dealkylation sites (tertiary alicyclic amines) is 2. The Hall–Kier alpha value is -3.07. The van der Waals surface area contributed by atoms with Crippen LogP contribution in [0.25, 0.3) is 11.0 Å². The number of amides is 1. The average Bonchev–Trinajstić information content (AvgIpc) is 3.14. The number of piperidine rings is 2. The molecule has 3 aromatic rings. The van der Waals surface area contributed by atoms with Gasteiger partial charge >= 0.3 is 5.69 Å². The summed E-state index contributed by atoms with van der Waals surface area (Å²) in [7, 11) is 0. The summed E-state index contributed by atoms with van der Waals surface area (Å²) < 4.78 is 15.4. The van der Waals surface area contributed by atoms with Crippen LogP contribution in [0.2, 0.25) is 0 Å². The molecule has 0 aliphatic carbocycles. The summed E-state index contributed by atoms with van der Waals surface area (Å²) in [6.07, 6.45) is 8.11. The van der Waals surface area contributed by atoms with Crippen LogP contribution in [0.3, 0.4) is 0 Å². The van der Waals surface area contributed by atoms with Gasteiger partial charge < -0.3 is 14.8 Å². The molecule has 0 radical (unpaired) electrons. The molecule has 1 aromatic carbocycles. The Bertz CT molecular complexity index is 1130. The summed E-state index contributed by atoms with van der Waals surface area (Å²) in [6.45, 7) is 3.23. The summed E-state index contributed by atoms with van der Waals surface area (Å²) in [4.78, 5) is 40.1. The zero-order chi connectivity index (χ0) is 21.4. The van der Waals surface area contributed by atoms with E-state index < -0.39 is 0 Å². The maximum atomic E-state index is 13.7. The highest BCUT2D eigenvalue weighted by Crippen LogP contribution is 2.28. The highest BCUT2D eigenvalue weighted by atomic mass is 19.1. The number of aromatic amines is 1.